The lowest BCUT2D eigenvalue weighted by Gasteiger charge is -2.32. The Balaban J connectivity index is 0.918. The summed E-state index contributed by atoms with van der Waals surface area (Å²) in [5.41, 5.74) is 8.19. The van der Waals surface area contributed by atoms with Gasteiger partial charge in [0.25, 0.3) is 0 Å². The van der Waals surface area contributed by atoms with E-state index in [1.165, 1.54) is 29.6 Å². The first-order valence-electron chi connectivity index (χ1n) is 15.5. The number of hydrogen-bond donors (Lipinski definition) is 0. The normalized spacial score (nSPS) is 19.9. The maximum atomic E-state index is 6.23. The van der Waals surface area contributed by atoms with Crippen LogP contribution >= 0.6 is 0 Å². The Morgan fingerprint density at radius 3 is 2.55 bits per heavy atom. The first-order chi connectivity index (χ1) is 20.7. The third kappa shape index (κ3) is 5.18. The minimum atomic E-state index is 0.307. The molecule has 2 saturated heterocycles. The third-order valence-corrected chi connectivity index (χ3v) is 9.26. The van der Waals surface area contributed by atoms with E-state index in [-0.39, 0.29) is 0 Å². The Hall–Kier alpha value is -3.75. The van der Waals surface area contributed by atoms with Crippen molar-refractivity contribution in [3.05, 3.63) is 89.1 Å². The average Bonchev–Trinajstić information content (AvgIpc) is 3.66. The van der Waals surface area contributed by atoms with Crippen LogP contribution in [0.15, 0.2) is 60.8 Å². The fourth-order valence-corrected chi connectivity index (χ4v) is 6.51. The van der Waals surface area contributed by atoms with Crippen LogP contribution in [0.3, 0.4) is 0 Å². The monoisotopic (exact) mass is 562 g/mol. The van der Waals surface area contributed by atoms with Crippen molar-refractivity contribution >= 4 is 16.6 Å². The number of nitrogens with zero attached hydrogens (tertiary/aromatic N) is 6. The molecule has 1 atom stereocenters. The quantitative estimate of drug-likeness (QED) is 0.219. The number of rotatable bonds is 9. The number of likely N-dealkylation sites (tertiary alicyclic amines) is 1. The number of ether oxygens (including phenoxy) is 2. The van der Waals surface area contributed by atoms with Gasteiger partial charge >= 0.3 is 0 Å². The second-order valence-corrected chi connectivity index (χ2v) is 12.4. The van der Waals surface area contributed by atoms with Gasteiger partial charge < -0.3 is 14.0 Å². The van der Waals surface area contributed by atoms with E-state index in [0.29, 0.717) is 30.4 Å². The zero-order valence-electron chi connectivity index (χ0n) is 24.3. The van der Waals surface area contributed by atoms with E-state index in [1.807, 2.05) is 22.8 Å². The summed E-state index contributed by atoms with van der Waals surface area (Å²) in [5.74, 6) is 2.92. The molecule has 1 aliphatic carbocycles. The zero-order valence-corrected chi connectivity index (χ0v) is 24.3. The van der Waals surface area contributed by atoms with Crippen molar-refractivity contribution < 1.29 is 9.47 Å². The molecule has 42 heavy (non-hydrogen) atoms. The van der Waals surface area contributed by atoms with E-state index in [0.717, 1.165) is 80.2 Å². The summed E-state index contributed by atoms with van der Waals surface area (Å²) in [6, 6.07) is 19.2. The number of aromatic nitrogens is 5. The first kappa shape index (κ1) is 25.9. The van der Waals surface area contributed by atoms with Crippen LogP contribution in [0.25, 0.3) is 16.6 Å². The second kappa shape index (κ2) is 10.8. The molecule has 8 rings (SSSR count). The molecule has 4 aromatic heterocycles. The number of pyridine rings is 2. The van der Waals surface area contributed by atoms with Crippen LogP contribution < -0.4 is 4.74 Å². The maximum Gasteiger partial charge on any atom is 0.213 e. The molecule has 0 bridgehead atoms. The van der Waals surface area contributed by atoms with Crippen LogP contribution in [-0.4, -0.2) is 54.8 Å². The summed E-state index contributed by atoms with van der Waals surface area (Å²) in [5, 5.41) is 4.77. The molecule has 0 amide bonds. The number of piperidine rings is 1. The van der Waals surface area contributed by atoms with Gasteiger partial charge in [-0.3, -0.25) is 4.90 Å². The molecule has 1 unspecified atom stereocenters. The Kier molecular flexibility index (Phi) is 6.68. The largest absolute Gasteiger partial charge is 0.473 e. The summed E-state index contributed by atoms with van der Waals surface area (Å²) in [6.45, 7) is 7.34. The Morgan fingerprint density at radius 1 is 0.881 bits per heavy atom. The van der Waals surface area contributed by atoms with E-state index in [9.17, 15) is 0 Å². The van der Waals surface area contributed by atoms with Crippen molar-refractivity contribution in [1.82, 2.24) is 29.0 Å². The number of benzene rings is 1. The third-order valence-electron chi connectivity index (χ3n) is 9.26. The topological polar surface area (TPSA) is 69.7 Å². The SMILES string of the molecule is Cc1ccc2nc(CN3CCC(c4cccc(OCc5cccn6nc(C7CC7)cc56)n4)CC3)n(CC3CCO3)c2c1. The van der Waals surface area contributed by atoms with Gasteiger partial charge in [0.15, 0.2) is 0 Å². The van der Waals surface area contributed by atoms with Gasteiger partial charge in [-0.2, -0.15) is 5.10 Å². The van der Waals surface area contributed by atoms with E-state index in [1.54, 1.807) is 0 Å². The number of aryl methyl sites for hydroxylation is 1. The summed E-state index contributed by atoms with van der Waals surface area (Å²) in [4.78, 5) is 12.6. The Bertz CT molecular complexity index is 1730. The second-order valence-electron chi connectivity index (χ2n) is 12.4. The highest BCUT2D eigenvalue weighted by atomic mass is 16.5. The molecule has 6 heterocycles. The van der Waals surface area contributed by atoms with Crippen molar-refractivity contribution in [3.8, 4) is 5.88 Å². The van der Waals surface area contributed by atoms with Gasteiger partial charge in [0.1, 0.15) is 12.4 Å². The smallest absolute Gasteiger partial charge is 0.213 e. The van der Waals surface area contributed by atoms with Gasteiger partial charge in [-0.1, -0.05) is 18.2 Å². The highest BCUT2D eigenvalue weighted by Crippen LogP contribution is 2.39. The Morgan fingerprint density at radius 2 is 1.74 bits per heavy atom. The molecule has 1 aromatic carbocycles. The molecule has 2 aliphatic heterocycles. The highest BCUT2D eigenvalue weighted by Gasteiger charge is 2.27. The van der Waals surface area contributed by atoms with E-state index in [2.05, 4.69) is 58.9 Å². The summed E-state index contributed by atoms with van der Waals surface area (Å²) in [7, 11) is 0. The molecule has 3 fully saturated rings. The molecule has 8 nitrogen and oxygen atoms in total. The van der Waals surface area contributed by atoms with Crippen LogP contribution in [-0.2, 0) is 24.4 Å². The lowest BCUT2D eigenvalue weighted by Crippen LogP contribution is -2.35. The van der Waals surface area contributed by atoms with Crippen molar-refractivity contribution in [3.63, 3.8) is 0 Å². The maximum absolute atomic E-state index is 6.23. The van der Waals surface area contributed by atoms with Crippen molar-refractivity contribution in [2.45, 2.75) is 76.7 Å². The molecule has 8 heteroatoms. The van der Waals surface area contributed by atoms with Gasteiger partial charge in [-0.05, 0) is 88.0 Å². The lowest BCUT2D eigenvalue weighted by molar-refractivity contribution is -0.0592. The van der Waals surface area contributed by atoms with Gasteiger partial charge in [0.2, 0.25) is 5.88 Å². The predicted molar refractivity (Wildman–Crippen MR) is 162 cm³/mol. The highest BCUT2D eigenvalue weighted by molar-refractivity contribution is 5.77. The van der Waals surface area contributed by atoms with Crippen LogP contribution in [0.5, 0.6) is 5.88 Å². The minimum Gasteiger partial charge on any atom is -0.473 e. The minimum absolute atomic E-state index is 0.307. The molecule has 5 aromatic rings. The van der Waals surface area contributed by atoms with E-state index < -0.39 is 0 Å². The number of imidazole rings is 1. The first-order valence-corrected chi connectivity index (χ1v) is 15.5. The molecule has 0 radical (unpaired) electrons. The molecule has 1 saturated carbocycles. The van der Waals surface area contributed by atoms with Crippen LogP contribution in [0.2, 0.25) is 0 Å². The van der Waals surface area contributed by atoms with Gasteiger partial charge in [-0.15, -0.1) is 0 Å². The van der Waals surface area contributed by atoms with Gasteiger partial charge in [0, 0.05) is 42.0 Å². The van der Waals surface area contributed by atoms with E-state index in [4.69, 9.17) is 24.5 Å². The summed E-state index contributed by atoms with van der Waals surface area (Å²) in [6.07, 6.45) is 8.13. The molecular weight excluding hydrogens is 524 g/mol. The summed E-state index contributed by atoms with van der Waals surface area (Å²) < 4.78 is 16.4. The van der Waals surface area contributed by atoms with Crippen molar-refractivity contribution in [2.75, 3.05) is 19.7 Å². The van der Waals surface area contributed by atoms with Gasteiger partial charge in [0.05, 0.1) is 41.4 Å². The van der Waals surface area contributed by atoms with Crippen molar-refractivity contribution in [1.29, 1.82) is 0 Å². The fourth-order valence-electron chi connectivity index (χ4n) is 6.51. The summed E-state index contributed by atoms with van der Waals surface area (Å²) >= 11 is 0. The van der Waals surface area contributed by atoms with E-state index >= 15 is 0 Å². The Labute approximate surface area is 246 Å². The molecule has 3 aliphatic rings. The predicted octanol–water partition coefficient (Wildman–Crippen LogP) is 6.01. The molecule has 216 valence electrons. The zero-order chi connectivity index (χ0) is 28.0. The number of hydrogen-bond acceptors (Lipinski definition) is 6. The fraction of sp³-hybridized carbons (Fsp3) is 0.441. The molecular formula is C34H38N6O2. The van der Waals surface area contributed by atoms with Crippen LogP contribution in [0.4, 0.5) is 0 Å². The standard InChI is InChI=1S/C34H38N6O2/c1-23-7-10-29-32(18-23)39(20-27-13-17-41-27)33(35-29)21-38-15-11-25(12-16-38)28-5-2-6-34(36-28)42-22-26-4-3-14-40-31(26)19-30(37-40)24-8-9-24/h2-7,10,14,18-19,24-25,27H,8-9,11-13,15-17,20-22H2,1H3. The lowest BCUT2D eigenvalue weighted by atomic mass is 9.93. The molecule has 0 spiro atoms. The van der Waals surface area contributed by atoms with Crippen molar-refractivity contribution in [2.24, 2.45) is 0 Å². The number of fused-ring (bicyclic) bond motifs is 2. The molecule has 0 N–H and O–H groups in total. The van der Waals surface area contributed by atoms with Crippen LogP contribution in [0, 0.1) is 6.92 Å². The van der Waals surface area contributed by atoms with Crippen LogP contribution in [0.1, 0.15) is 72.3 Å². The average molecular weight is 563 g/mol. The van der Waals surface area contributed by atoms with Gasteiger partial charge in [-0.25, -0.2) is 14.5 Å².